The van der Waals surface area contributed by atoms with Crippen LogP contribution < -0.4 is 10.6 Å². The van der Waals surface area contributed by atoms with Crippen LogP contribution in [0.5, 0.6) is 0 Å². The first-order valence-corrected chi connectivity index (χ1v) is 7.34. The number of aromatic nitrogens is 2. The van der Waals surface area contributed by atoms with E-state index in [0.29, 0.717) is 19.0 Å². The number of rotatable bonds is 8. The first kappa shape index (κ1) is 17.5. The van der Waals surface area contributed by atoms with Gasteiger partial charge in [-0.1, -0.05) is 33.6 Å². The molecule has 0 aliphatic rings. The van der Waals surface area contributed by atoms with Gasteiger partial charge in [-0.15, -0.1) is 0 Å². The highest BCUT2D eigenvalue weighted by atomic mass is 19.4. The molecule has 1 rings (SSSR count). The van der Waals surface area contributed by atoms with E-state index in [1.807, 2.05) is 6.92 Å². The van der Waals surface area contributed by atoms with Crippen molar-refractivity contribution in [2.75, 3.05) is 23.7 Å². The molecule has 0 aliphatic carbocycles. The molecule has 0 atom stereocenters. The summed E-state index contributed by atoms with van der Waals surface area (Å²) in [6.07, 6.45) is -1.79. The fourth-order valence-electron chi connectivity index (χ4n) is 1.83. The van der Waals surface area contributed by atoms with E-state index in [1.165, 1.54) is 6.07 Å². The van der Waals surface area contributed by atoms with E-state index < -0.39 is 12.0 Å². The number of anilines is 2. The van der Waals surface area contributed by atoms with Gasteiger partial charge in [0.1, 0.15) is 11.6 Å². The van der Waals surface area contributed by atoms with Crippen LogP contribution in [0.3, 0.4) is 0 Å². The minimum absolute atomic E-state index is 0.200. The summed E-state index contributed by atoms with van der Waals surface area (Å²) in [5.74, 6) is -0.286. The molecule has 0 aromatic carbocycles. The van der Waals surface area contributed by atoms with Crippen molar-refractivity contribution in [3.63, 3.8) is 0 Å². The Hall–Kier alpha value is -1.53. The molecule has 1 aromatic rings. The predicted octanol–water partition coefficient (Wildman–Crippen LogP) is 4.17. The number of hydrogen-bond acceptors (Lipinski definition) is 4. The summed E-state index contributed by atoms with van der Waals surface area (Å²) >= 11 is 0. The predicted molar refractivity (Wildman–Crippen MR) is 78.4 cm³/mol. The van der Waals surface area contributed by atoms with Crippen LogP contribution in [-0.2, 0) is 6.18 Å². The zero-order valence-electron chi connectivity index (χ0n) is 12.7. The molecule has 0 fully saturated rings. The van der Waals surface area contributed by atoms with Crippen molar-refractivity contribution in [2.24, 2.45) is 5.92 Å². The fourth-order valence-corrected chi connectivity index (χ4v) is 1.83. The van der Waals surface area contributed by atoms with Crippen molar-refractivity contribution >= 4 is 11.6 Å². The van der Waals surface area contributed by atoms with Crippen molar-refractivity contribution in [1.82, 2.24) is 9.97 Å². The van der Waals surface area contributed by atoms with Crippen LogP contribution in [0.25, 0.3) is 0 Å². The third-order valence-corrected chi connectivity index (χ3v) is 3.26. The van der Waals surface area contributed by atoms with Crippen molar-refractivity contribution in [3.8, 4) is 0 Å². The molecule has 21 heavy (non-hydrogen) atoms. The molecule has 1 heterocycles. The Bertz CT molecular complexity index is 431. The lowest BCUT2D eigenvalue weighted by molar-refractivity contribution is -0.144. The quantitative estimate of drug-likeness (QED) is 0.757. The van der Waals surface area contributed by atoms with Gasteiger partial charge in [-0.05, 0) is 12.3 Å². The van der Waals surface area contributed by atoms with Gasteiger partial charge in [0, 0.05) is 19.2 Å². The maximum atomic E-state index is 12.8. The third-order valence-electron chi connectivity index (χ3n) is 3.26. The molecule has 0 amide bonds. The molecule has 0 spiro atoms. The maximum Gasteiger partial charge on any atom is 0.451 e. The largest absolute Gasteiger partial charge is 0.451 e. The van der Waals surface area contributed by atoms with Crippen LogP contribution in [-0.4, -0.2) is 23.1 Å². The van der Waals surface area contributed by atoms with Crippen LogP contribution in [0, 0.1) is 5.92 Å². The summed E-state index contributed by atoms with van der Waals surface area (Å²) in [5, 5.41) is 5.86. The average molecular weight is 304 g/mol. The molecule has 0 radical (unpaired) electrons. The molecule has 2 N–H and O–H groups in total. The van der Waals surface area contributed by atoms with E-state index >= 15 is 0 Å². The zero-order chi connectivity index (χ0) is 15.9. The smallest absolute Gasteiger partial charge is 0.370 e. The zero-order valence-corrected chi connectivity index (χ0v) is 12.7. The molecular weight excluding hydrogens is 281 g/mol. The summed E-state index contributed by atoms with van der Waals surface area (Å²) in [5.41, 5.74) is 0. The van der Waals surface area contributed by atoms with Gasteiger partial charge in [0.15, 0.2) is 0 Å². The molecule has 1 aromatic heterocycles. The van der Waals surface area contributed by atoms with Crippen molar-refractivity contribution in [3.05, 3.63) is 11.9 Å². The summed E-state index contributed by atoms with van der Waals surface area (Å²) in [6, 6.07) is 1.52. The molecular formula is C14H23F3N4. The Labute approximate surface area is 123 Å². The molecule has 0 saturated carbocycles. The van der Waals surface area contributed by atoms with Gasteiger partial charge in [0.25, 0.3) is 0 Å². The monoisotopic (exact) mass is 304 g/mol. The van der Waals surface area contributed by atoms with Crippen LogP contribution in [0.4, 0.5) is 24.8 Å². The van der Waals surface area contributed by atoms with Gasteiger partial charge in [-0.3, -0.25) is 0 Å². The normalized spacial score (nSPS) is 11.8. The molecule has 7 heteroatoms. The van der Waals surface area contributed by atoms with Crippen molar-refractivity contribution < 1.29 is 13.2 Å². The lowest BCUT2D eigenvalue weighted by Crippen LogP contribution is -2.18. The summed E-state index contributed by atoms with van der Waals surface area (Å²) in [6.45, 7) is 7.23. The number of nitrogens with zero attached hydrogens (tertiary/aromatic N) is 2. The first-order chi connectivity index (χ1) is 9.90. The van der Waals surface area contributed by atoms with Gasteiger partial charge in [0.2, 0.25) is 5.82 Å². The second kappa shape index (κ2) is 8.05. The summed E-state index contributed by atoms with van der Waals surface area (Å²) < 4.78 is 38.5. The van der Waals surface area contributed by atoms with Gasteiger partial charge < -0.3 is 10.6 Å². The van der Waals surface area contributed by atoms with E-state index in [1.54, 1.807) is 0 Å². The Balaban J connectivity index is 2.90. The Morgan fingerprint density at radius 2 is 1.62 bits per heavy atom. The highest BCUT2D eigenvalue weighted by molar-refractivity contribution is 5.47. The minimum atomic E-state index is -4.55. The minimum Gasteiger partial charge on any atom is -0.370 e. The molecule has 0 unspecified atom stereocenters. The standard InChI is InChI=1S/C14H23F3N4/c1-4-7-18-11-8-12(19-9-10(5-2)6-3)21-13(20-11)14(15,16)17/h8,10H,4-7,9H2,1-3H3,(H2,18,19,20,21). The third kappa shape index (κ3) is 5.77. The maximum absolute atomic E-state index is 12.8. The van der Waals surface area contributed by atoms with E-state index in [-0.39, 0.29) is 11.6 Å². The molecule has 4 nitrogen and oxygen atoms in total. The van der Waals surface area contributed by atoms with Gasteiger partial charge in [-0.2, -0.15) is 13.2 Å². The first-order valence-electron chi connectivity index (χ1n) is 7.34. The second-order valence-corrected chi connectivity index (χ2v) is 4.95. The topological polar surface area (TPSA) is 49.8 Å². The van der Waals surface area contributed by atoms with Gasteiger partial charge in [-0.25, -0.2) is 9.97 Å². The van der Waals surface area contributed by atoms with Gasteiger partial charge >= 0.3 is 6.18 Å². The Morgan fingerprint density at radius 3 is 2.10 bits per heavy atom. The summed E-state index contributed by atoms with van der Waals surface area (Å²) in [7, 11) is 0. The second-order valence-electron chi connectivity index (χ2n) is 4.95. The van der Waals surface area contributed by atoms with Crippen LogP contribution >= 0.6 is 0 Å². The number of alkyl halides is 3. The van der Waals surface area contributed by atoms with E-state index in [4.69, 9.17) is 0 Å². The fraction of sp³-hybridized carbons (Fsp3) is 0.714. The lowest BCUT2D eigenvalue weighted by atomic mass is 10.0. The van der Waals surface area contributed by atoms with E-state index in [2.05, 4.69) is 34.4 Å². The molecule has 0 saturated heterocycles. The van der Waals surface area contributed by atoms with Crippen LogP contribution in [0.2, 0.25) is 0 Å². The van der Waals surface area contributed by atoms with E-state index in [9.17, 15) is 13.2 Å². The SMILES string of the molecule is CCCNc1cc(NCC(CC)CC)nc(C(F)(F)F)n1. The van der Waals surface area contributed by atoms with Crippen LogP contribution in [0.1, 0.15) is 45.9 Å². The van der Waals surface area contributed by atoms with E-state index in [0.717, 1.165) is 19.3 Å². The number of halogens is 3. The summed E-state index contributed by atoms with van der Waals surface area (Å²) in [4.78, 5) is 7.09. The average Bonchev–Trinajstić information content (AvgIpc) is 2.45. The van der Waals surface area contributed by atoms with Gasteiger partial charge in [0.05, 0.1) is 0 Å². The van der Waals surface area contributed by atoms with Crippen LogP contribution in [0.15, 0.2) is 6.07 Å². The van der Waals surface area contributed by atoms with Crippen molar-refractivity contribution in [1.29, 1.82) is 0 Å². The number of nitrogens with one attached hydrogen (secondary N) is 2. The Morgan fingerprint density at radius 1 is 1.05 bits per heavy atom. The van der Waals surface area contributed by atoms with Crippen molar-refractivity contribution in [2.45, 2.75) is 46.2 Å². The number of hydrogen-bond donors (Lipinski definition) is 2. The molecule has 120 valence electrons. The Kier molecular flexibility index (Phi) is 6.71. The molecule has 0 bridgehead atoms. The highest BCUT2D eigenvalue weighted by Gasteiger charge is 2.35. The lowest BCUT2D eigenvalue weighted by Gasteiger charge is -2.16. The molecule has 0 aliphatic heterocycles. The highest BCUT2D eigenvalue weighted by Crippen LogP contribution is 2.28.